The molecule has 1 N–H and O–H groups in total. The SMILES string of the molecule is CCCCN1CCOC[C@H]1C(=O)Nc1ccc2c(c1)OCO2. The number of hydrogen-bond donors (Lipinski definition) is 1. The zero-order chi connectivity index (χ0) is 15.4. The second-order valence-electron chi connectivity index (χ2n) is 5.54. The van der Waals surface area contributed by atoms with E-state index < -0.39 is 0 Å². The summed E-state index contributed by atoms with van der Waals surface area (Å²) in [6, 6.07) is 5.20. The Morgan fingerprint density at radius 1 is 1.36 bits per heavy atom. The van der Waals surface area contributed by atoms with Gasteiger partial charge in [-0.3, -0.25) is 9.69 Å². The zero-order valence-corrected chi connectivity index (χ0v) is 12.8. The molecule has 1 saturated heterocycles. The maximum Gasteiger partial charge on any atom is 0.244 e. The third-order valence-electron chi connectivity index (χ3n) is 3.98. The minimum atomic E-state index is -0.231. The second-order valence-corrected chi connectivity index (χ2v) is 5.54. The van der Waals surface area contributed by atoms with Gasteiger partial charge in [0.25, 0.3) is 0 Å². The van der Waals surface area contributed by atoms with Crippen molar-refractivity contribution in [3.8, 4) is 11.5 Å². The minimum Gasteiger partial charge on any atom is -0.454 e. The monoisotopic (exact) mass is 306 g/mol. The van der Waals surface area contributed by atoms with Crippen LogP contribution in [0.15, 0.2) is 18.2 Å². The Morgan fingerprint density at radius 2 is 2.23 bits per heavy atom. The topological polar surface area (TPSA) is 60.0 Å². The molecular formula is C16H22N2O4. The lowest BCUT2D eigenvalue weighted by Gasteiger charge is -2.34. The number of ether oxygens (including phenoxy) is 3. The number of benzene rings is 1. The number of nitrogens with one attached hydrogen (secondary N) is 1. The molecule has 2 aliphatic heterocycles. The van der Waals surface area contributed by atoms with Crippen molar-refractivity contribution in [1.82, 2.24) is 4.90 Å². The number of anilines is 1. The maximum absolute atomic E-state index is 12.5. The molecule has 6 heteroatoms. The molecule has 0 aromatic heterocycles. The first-order valence-corrected chi connectivity index (χ1v) is 7.80. The Labute approximate surface area is 130 Å². The maximum atomic E-state index is 12.5. The standard InChI is InChI=1S/C16H22N2O4/c1-2-3-6-18-7-8-20-10-13(18)16(19)17-12-4-5-14-15(9-12)22-11-21-14/h4-5,9,13H,2-3,6-8,10-11H2,1H3,(H,17,19)/t13-/m0/s1. The molecule has 6 nitrogen and oxygen atoms in total. The summed E-state index contributed by atoms with van der Waals surface area (Å²) in [5.74, 6) is 1.35. The van der Waals surface area contributed by atoms with Gasteiger partial charge >= 0.3 is 0 Å². The highest BCUT2D eigenvalue weighted by molar-refractivity contribution is 5.95. The fourth-order valence-corrected chi connectivity index (χ4v) is 2.71. The first-order chi connectivity index (χ1) is 10.8. The molecule has 1 aromatic carbocycles. The molecule has 120 valence electrons. The summed E-state index contributed by atoms with van der Waals surface area (Å²) in [5, 5.41) is 2.95. The zero-order valence-electron chi connectivity index (χ0n) is 12.8. The molecule has 2 heterocycles. The molecule has 1 amide bonds. The lowest BCUT2D eigenvalue weighted by molar-refractivity contribution is -0.127. The van der Waals surface area contributed by atoms with Gasteiger partial charge in [0.2, 0.25) is 12.7 Å². The predicted molar refractivity (Wildman–Crippen MR) is 82.3 cm³/mol. The van der Waals surface area contributed by atoms with Gasteiger partial charge in [-0.1, -0.05) is 13.3 Å². The average Bonchev–Trinajstić information content (AvgIpc) is 3.00. The van der Waals surface area contributed by atoms with E-state index in [1.807, 2.05) is 12.1 Å². The average molecular weight is 306 g/mol. The summed E-state index contributed by atoms with van der Waals surface area (Å²) in [6.07, 6.45) is 2.21. The molecule has 2 aliphatic rings. The van der Waals surface area contributed by atoms with Crippen LogP contribution < -0.4 is 14.8 Å². The Morgan fingerprint density at radius 3 is 3.09 bits per heavy atom. The van der Waals surface area contributed by atoms with Crippen molar-refractivity contribution in [3.05, 3.63) is 18.2 Å². The highest BCUT2D eigenvalue weighted by Gasteiger charge is 2.29. The summed E-state index contributed by atoms with van der Waals surface area (Å²) in [7, 11) is 0. The largest absolute Gasteiger partial charge is 0.454 e. The quantitative estimate of drug-likeness (QED) is 0.899. The van der Waals surface area contributed by atoms with Gasteiger partial charge < -0.3 is 19.5 Å². The Balaban J connectivity index is 1.64. The fourth-order valence-electron chi connectivity index (χ4n) is 2.71. The van der Waals surface area contributed by atoms with Crippen molar-refractivity contribution in [1.29, 1.82) is 0 Å². The fraction of sp³-hybridized carbons (Fsp3) is 0.562. The van der Waals surface area contributed by atoms with Gasteiger partial charge in [0.1, 0.15) is 6.04 Å². The van der Waals surface area contributed by atoms with E-state index in [9.17, 15) is 4.79 Å². The van der Waals surface area contributed by atoms with Crippen LogP contribution in [-0.2, 0) is 9.53 Å². The predicted octanol–water partition coefficient (Wildman–Crippen LogP) is 1.85. The summed E-state index contributed by atoms with van der Waals surface area (Å²) >= 11 is 0. The number of carbonyl (C=O) groups is 1. The molecule has 0 radical (unpaired) electrons. The smallest absolute Gasteiger partial charge is 0.244 e. The van der Waals surface area contributed by atoms with Crippen LogP contribution in [0.25, 0.3) is 0 Å². The van der Waals surface area contributed by atoms with E-state index >= 15 is 0 Å². The highest BCUT2D eigenvalue weighted by Crippen LogP contribution is 2.34. The van der Waals surface area contributed by atoms with E-state index in [1.165, 1.54) is 0 Å². The first-order valence-electron chi connectivity index (χ1n) is 7.80. The molecule has 1 atom stereocenters. The number of morpholine rings is 1. The summed E-state index contributed by atoms with van der Waals surface area (Å²) in [6.45, 7) is 5.26. The summed E-state index contributed by atoms with van der Waals surface area (Å²) < 4.78 is 16.1. The lowest BCUT2D eigenvalue weighted by atomic mass is 10.1. The van der Waals surface area contributed by atoms with Gasteiger partial charge in [-0.25, -0.2) is 0 Å². The molecule has 1 aromatic rings. The van der Waals surface area contributed by atoms with Crippen LogP contribution in [0.3, 0.4) is 0 Å². The third-order valence-corrected chi connectivity index (χ3v) is 3.98. The molecule has 0 bridgehead atoms. The van der Waals surface area contributed by atoms with E-state index in [4.69, 9.17) is 14.2 Å². The van der Waals surface area contributed by atoms with Gasteiger partial charge in [-0.2, -0.15) is 0 Å². The van der Waals surface area contributed by atoms with Crippen molar-refractivity contribution in [2.45, 2.75) is 25.8 Å². The number of rotatable bonds is 5. The molecule has 3 rings (SSSR count). The van der Waals surface area contributed by atoms with E-state index in [0.29, 0.717) is 24.7 Å². The first kappa shape index (κ1) is 15.1. The van der Waals surface area contributed by atoms with Crippen LogP contribution in [0.1, 0.15) is 19.8 Å². The molecule has 0 unspecified atom stereocenters. The van der Waals surface area contributed by atoms with Gasteiger partial charge in [-0.05, 0) is 25.1 Å². The van der Waals surface area contributed by atoms with Gasteiger partial charge in [0.05, 0.1) is 13.2 Å². The normalized spacial score (nSPS) is 20.9. The number of unbranched alkanes of at least 4 members (excludes halogenated alkanes) is 1. The third kappa shape index (κ3) is 3.34. The van der Waals surface area contributed by atoms with E-state index in [2.05, 4.69) is 17.1 Å². The molecular weight excluding hydrogens is 284 g/mol. The molecule has 0 aliphatic carbocycles. The number of hydrogen-bond acceptors (Lipinski definition) is 5. The number of amides is 1. The Bertz CT molecular complexity index is 535. The molecule has 0 saturated carbocycles. The second kappa shape index (κ2) is 6.98. The number of nitrogens with zero attached hydrogens (tertiary/aromatic N) is 1. The van der Waals surface area contributed by atoms with Crippen LogP contribution in [0.4, 0.5) is 5.69 Å². The Kier molecular flexibility index (Phi) is 4.80. The van der Waals surface area contributed by atoms with Crippen LogP contribution in [0.2, 0.25) is 0 Å². The van der Waals surface area contributed by atoms with Crippen LogP contribution in [0, 0.1) is 0 Å². The van der Waals surface area contributed by atoms with E-state index in [-0.39, 0.29) is 18.7 Å². The summed E-state index contributed by atoms with van der Waals surface area (Å²) in [5.41, 5.74) is 0.718. The lowest BCUT2D eigenvalue weighted by Crippen LogP contribution is -2.52. The number of fused-ring (bicyclic) bond motifs is 1. The summed E-state index contributed by atoms with van der Waals surface area (Å²) in [4.78, 5) is 14.7. The van der Waals surface area contributed by atoms with Crippen molar-refractivity contribution >= 4 is 11.6 Å². The molecule has 0 spiro atoms. The minimum absolute atomic E-state index is 0.0327. The van der Waals surface area contributed by atoms with Crippen molar-refractivity contribution in [2.24, 2.45) is 0 Å². The van der Waals surface area contributed by atoms with Crippen LogP contribution in [0.5, 0.6) is 11.5 Å². The van der Waals surface area contributed by atoms with E-state index in [1.54, 1.807) is 6.07 Å². The highest BCUT2D eigenvalue weighted by atomic mass is 16.7. The molecule has 1 fully saturated rings. The van der Waals surface area contributed by atoms with Gasteiger partial charge in [0, 0.05) is 18.3 Å². The number of carbonyl (C=O) groups excluding carboxylic acids is 1. The van der Waals surface area contributed by atoms with Crippen molar-refractivity contribution < 1.29 is 19.0 Å². The van der Waals surface area contributed by atoms with Gasteiger partial charge in [-0.15, -0.1) is 0 Å². The van der Waals surface area contributed by atoms with Gasteiger partial charge in [0.15, 0.2) is 11.5 Å². The Hall–Kier alpha value is -1.79. The molecule has 22 heavy (non-hydrogen) atoms. The van der Waals surface area contributed by atoms with E-state index in [0.717, 1.165) is 31.6 Å². The van der Waals surface area contributed by atoms with Crippen molar-refractivity contribution in [3.63, 3.8) is 0 Å². The van der Waals surface area contributed by atoms with Crippen LogP contribution in [-0.4, -0.2) is 49.9 Å². The van der Waals surface area contributed by atoms with Crippen molar-refractivity contribution in [2.75, 3.05) is 38.4 Å². The van der Waals surface area contributed by atoms with Crippen LogP contribution >= 0.6 is 0 Å².